The van der Waals surface area contributed by atoms with Gasteiger partial charge in [-0.2, -0.15) is 0 Å². The second-order valence-electron chi connectivity index (χ2n) is 2.61. The van der Waals surface area contributed by atoms with Crippen LogP contribution in [-0.4, -0.2) is 11.5 Å². The lowest BCUT2D eigenvalue weighted by Crippen LogP contribution is -1.87. The normalized spacial score (nSPS) is 20.8. The van der Waals surface area contributed by atoms with Crippen molar-refractivity contribution >= 4 is 0 Å². The van der Waals surface area contributed by atoms with Crippen molar-refractivity contribution in [1.29, 1.82) is 0 Å². The number of hydrogen-bond acceptors (Lipinski definition) is 2. The zero-order valence-electron chi connectivity index (χ0n) is 6.04. The van der Waals surface area contributed by atoms with Crippen LogP contribution in [0.1, 0.15) is 17.2 Å². The Morgan fingerprint density at radius 2 is 2.45 bits per heavy atom. The summed E-state index contributed by atoms with van der Waals surface area (Å²) >= 11 is 0. The largest absolute Gasteiger partial charge is 0.307 e. The van der Waals surface area contributed by atoms with E-state index in [2.05, 4.69) is 16.2 Å². The summed E-state index contributed by atoms with van der Waals surface area (Å²) in [6.45, 7) is 1.05. The smallest absolute Gasteiger partial charge is 0.0463 e. The monoisotopic (exact) mass is 144 g/mol. The highest BCUT2D eigenvalue weighted by atomic mass is 15.1. The molecule has 54 valence electrons. The minimum atomic E-state index is 0.496. The van der Waals surface area contributed by atoms with Crippen LogP contribution >= 0.6 is 0 Å². The summed E-state index contributed by atoms with van der Waals surface area (Å²) in [6, 6.07) is 2.49. The minimum Gasteiger partial charge on any atom is -0.307 e. The molecule has 1 aliphatic rings. The molecular weight excluding hydrogens is 136 g/mol. The first-order chi connectivity index (χ1) is 5.40. The fourth-order valence-electron chi connectivity index (χ4n) is 1.02. The molecule has 1 saturated heterocycles. The van der Waals surface area contributed by atoms with Gasteiger partial charge in [-0.1, -0.05) is 5.92 Å². The summed E-state index contributed by atoms with van der Waals surface area (Å²) in [5.74, 6) is 2.56. The van der Waals surface area contributed by atoms with Gasteiger partial charge < -0.3 is 5.32 Å². The highest BCUT2D eigenvalue weighted by Crippen LogP contribution is 2.20. The average molecular weight is 144 g/mol. The highest BCUT2D eigenvalue weighted by molar-refractivity contribution is 5.34. The van der Waals surface area contributed by atoms with Gasteiger partial charge in [0.05, 0.1) is 0 Å². The van der Waals surface area contributed by atoms with Gasteiger partial charge in [-0.15, -0.1) is 6.42 Å². The lowest BCUT2D eigenvalue weighted by Gasteiger charge is -1.95. The zero-order valence-corrected chi connectivity index (χ0v) is 6.04. The first kappa shape index (κ1) is 6.38. The van der Waals surface area contributed by atoms with Gasteiger partial charge >= 0.3 is 0 Å². The van der Waals surface area contributed by atoms with Crippen LogP contribution in [0.25, 0.3) is 0 Å². The second-order valence-corrected chi connectivity index (χ2v) is 2.61. The van der Waals surface area contributed by atoms with Gasteiger partial charge in [0.25, 0.3) is 0 Å². The van der Waals surface area contributed by atoms with Gasteiger partial charge in [-0.25, -0.2) is 0 Å². The second kappa shape index (κ2) is 2.37. The van der Waals surface area contributed by atoms with Gasteiger partial charge in [-0.05, 0) is 11.6 Å². The molecule has 11 heavy (non-hydrogen) atoms. The molecule has 0 radical (unpaired) electrons. The van der Waals surface area contributed by atoms with Crippen LogP contribution in [-0.2, 0) is 0 Å². The molecule has 0 amide bonds. The molecule has 0 saturated carbocycles. The summed E-state index contributed by atoms with van der Waals surface area (Å²) in [7, 11) is 0. The summed E-state index contributed by atoms with van der Waals surface area (Å²) in [5, 5.41) is 3.19. The molecule has 2 heterocycles. The lowest BCUT2D eigenvalue weighted by atomic mass is 10.2. The van der Waals surface area contributed by atoms with E-state index in [1.807, 2.05) is 12.3 Å². The molecule has 1 aromatic rings. The van der Waals surface area contributed by atoms with E-state index in [9.17, 15) is 0 Å². The number of rotatable bonds is 1. The Labute approximate surface area is 65.7 Å². The van der Waals surface area contributed by atoms with Gasteiger partial charge in [-0.3, -0.25) is 4.98 Å². The van der Waals surface area contributed by atoms with E-state index in [4.69, 9.17) is 6.42 Å². The van der Waals surface area contributed by atoms with E-state index in [0.717, 1.165) is 12.1 Å². The topological polar surface area (TPSA) is 34.8 Å². The minimum absolute atomic E-state index is 0.496. The van der Waals surface area contributed by atoms with E-state index in [-0.39, 0.29) is 0 Å². The predicted octanol–water partition coefficient (Wildman–Crippen LogP) is 0.707. The Bertz CT molecular complexity index is 308. The molecule has 2 heteroatoms. The SMILES string of the molecule is C#Cc1cncc([C@@H]2CN2)c1. The van der Waals surface area contributed by atoms with E-state index >= 15 is 0 Å². The number of nitrogens with one attached hydrogen (secondary N) is 1. The van der Waals surface area contributed by atoms with Crippen LogP contribution in [0.3, 0.4) is 0 Å². The van der Waals surface area contributed by atoms with Crippen molar-refractivity contribution in [1.82, 2.24) is 10.3 Å². The van der Waals surface area contributed by atoms with Crippen LogP contribution < -0.4 is 5.32 Å². The fourth-order valence-corrected chi connectivity index (χ4v) is 1.02. The van der Waals surface area contributed by atoms with Crippen molar-refractivity contribution in [3.8, 4) is 12.3 Å². The molecule has 1 aromatic heterocycles. The van der Waals surface area contributed by atoms with Crippen molar-refractivity contribution in [2.45, 2.75) is 6.04 Å². The molecule has 1 aliphatic heterocycles. The fraction of sp³-hybridized carbons (Fsp3) is 0.222. The van der Waals surface area contributed by atoms with Crippen LogP contribution in [0.15, 0.2) is 18.5 Å². The first-order valence-electron chi connectivity index (χ1n) is 3.55. The van der Waals surface area contributed by atoms with Gasteiger partial charge in [0.15, 0.2) is 0 Å². The van der Waals surface area contributed by atoms with Crippen molar-refractivity contribution in [2.75, 3.05) is 6.54 Å². The molecule has 0 bridgehead atoms. The molecule has 2 nitrogen and oxygen atoms in total. The summed E-state index contributed by atoms with van der Waals surface area (Å²) in [6.07, 6.45) is 8.78. The van der Waals surface area contributed by atoms with Crippen LogP contribution in [0.4, 0.5) is 0 Å². The third-order valence-electron chi connectivity index (χ3n) is 1.74. The van der Waals surface area contributed by atoms with E-state index < -0.39 is 0 Å². The molecular formula is C9H8N2. The van der Waals surface area contributed by atoms with Crippen LogP contribution in [0, 0.1) is 12.3 Å². The Balaban J connectivity index is 2.35. The molecule has 0 aliphatic carbocycles. The van der Waals surface area contributed by atoms with E-state index in [1.165, 1.54) is 5.56 Å². The molecule has 0 unspecified atom stereocenters. The maximum absolute atomic E-state index is 5.23. The van der Waals surface area contributed by atoms with Crippen molar-refractivity contribution in [3.63, 3.8) is 0 Å². The van der Waals surface area contributed by atoms with Gasteiger partial charge in [0.2, 0.25) is 0 Å². The number of pyridine rings is 1. The molecule has 1 N–H and O–H groups in total. The molecule has 1 fully saturated rings. The maximum atomic E-state index is 5.23. The first-order valence-corrected chi connectivity index (χ1v) is 3.55. The maximum Gasteiger partial charge on any atom is 0.0463 e. The van der Waals surface area contributed by atoms with E-state index in [0.29, 0.717) is 6.04 Å². The number of aromatic nitrogens is 1. The summed E-state index contributed by atoms with van der Waals surface area (Å²) in [5.41, 5.74) is 2.05. The lowest BCUT2D eigenvalue weighted by molar-refractivity contribution is 1.05. The van der Waals surface area contributed by atoms with Gasteiger partial charge in [0.1, 0.15) is 0 Å². The Morgan fingerprint density at radius 1 is 1.64 bits per heavy atom. The Morgan fingerprint density at radius 3 is 3.09 bits per heavy atom. The van der Waals surface area contributed by atoms with Crippen molar-refractivity contribution < 1.29 is 0 Å². The van der Waals surface area contributed by atoms with E-state index in [1.54, 1.807) is 6.20 Å². The zero-order chi connectivity index (χ0) is 7.68. The number of hydrogen-bond donors (Lipinski definition) is 1. The standard InChI is InChI=1S/C9H8N2/c1-2-7-3-8(5-10-4-7)9-6-11-9/h1,3-5,9,11H,6H2/t9-/m0/s1. The average Bonchev–Trinajstić information content (AvgIpc) is 2.87. The van der Waals surface area contributed by atoms with Crippen molar-refractivity contribution in [3.05, 3.63) is 29.6 Å². The highest BCUT2D eigenvalue weighted by Gasteiger charge is 2.22. The number of nitrogens with zero attached hydrogens (tertiary/aromatic N) is 1. The Kier molecular flexibility index (Phi) is 1.38. The molecule has 0 spiro atoms. The Hall–Kier alpha value is -1.33. The third-order valence-corrected chi connectivity index (χ3v) is 1.74. The summed E-state index contributed by atoms with van der Waals surface area (Å²) < 4.78 is 0. The molecule has 2 rings (SSSR count). The van der Waals surface area contributed by atoms with Gasteiger partial charge in [0, 0.05) is 30.5 Å². The third kappa shape index (κ3) is 1.24. The molecule has 1 atom stereocenters. The summed E-state index contributed by atoms with van der Waals surface area (Å²) in [4.78, 5) is 4.03. The number of terminal acetylenes is 1. The quantitative estimate of drug-likeness (QED) is 0.465. The molecule has 0 aromatic carbocycles. The van der Waals surface area contributed by atoms with Crippen molar-refractivity contribution in [2.24, 2.45) is 0 Å². The van der Waals surface area contributed by atoms with Crippen LogP contribution in [0.2, 0.25) is 0 Å². The van der Waals surface area contributed by atoms with Crippen LogP contribution in [0.5, 0.6) is 0 Å². The predicted molar refractivity (Wildman–Crippen MR) is 42.9 cm³/mol.